The minimum absolute atomic E-state index is 0.149. The van der Waals surface area contributed by atoms with Crippen molar-refractivity contribution in [2.24, 2.45) is 0 Å². The number of aryl methyl sites for hydroxylation is 1. The Kier molecular flexibility index (Phi) is 7.56. The molecule has 2 aromatic heterocycles. The summed E-state index contributed by atoms with van der Waals surface area (Å²) in [5, 5.41) is 15.3. The second-order valence-electron chi connectivity index (χ2n) is 8.33. The Bertz CT molecular complexity index is 1300. The lowest BCUT2D eigenvalue weighted by Gasteiger charge is -2.21. The first-order valence-corrected chi connectivity index (χ1v) is 11.4. The molecule has 2 heterocycles. The van der Waals surface area contributed by atoms with Crippen LogP contribution in [0.4, 0.5) is 5.82 Å². The maximum absolute atomic E-state index is 13.3. The summed E-state index contributed by atoms with van der Waals surface area (Å²) in [6.07, 6.45) is 5.20. The van der Waals surface area contributed by atoms with Crippen LogP contribution in [0.3, 0.4) is 0 Å². The molecule has 0 unspecified atom stereocenters. The van der Waals surface area contributed by atoms with Gasteiger partial charge in [-0.1, -0.05) is 49.4 Å². The van der Waals surface area contributed by atoms with Crippen molar-refractivity contribution in [1.29, 1.82) is 5.26 Å². The normalized spacial score (nSPS) is 12.4. The zero-order chi connectivity index (χ0) is 24.6. The van der Waals surface area contributed by atoms with E-state index in [1.165, 1.54) is 0 Å². The molecule has 0 radical (unpaired) electrons. The van der Waals surface area contributed by atoms with Crippen LogP contribution >= 0.6 is 0 Å². The van der Waals surface area contributed by atoms with Gasteiger partial charge in [-0.15, -0.1) is 0 Å². The third kappa shape index (κ3) is 6.14. The minimum atomic E-state index is -0.552. The lowest BCUT2D eigenvalue weighted by atomic mass is 9.98. The zero-order valence-electron chi connectivity index (χ0n) is 19.6. The molecule has 2 atom stereocenters. The molecule has 7 heteroatoms. The summed E-state index contributed by atoms with van der Waals surface area (Å²) in [7, 11) is 0. The molecular weight excluding hydrogens is 436 g/mol. The Morgan fingerprint density at radius 3 is 2.20 bits per heavy atom. The SMILES string of the molecule is Cc1ncc(-c2ccc(NC(=O)[C@@H](NC[C@@H](C)c3ccc(C#N)cc3)c3ccccc3)nc2)cn1. The molecule has 0 aliphatic rings. The minimum Gasteiger partial charge on any atom is -0.309 e. The van der Waals surface area contributed by atoms with Crippen LogP contribution in [0.2, 0.25) is 0 Å². The molecule has 1 amide bonds. The highest BCUT2D eigenvalue weighted by Crippen LogP contribution is 2.21. The predicted octanol–water partition coefficient (Wildman–Crippen LogP) is 4.79. The lowest BCUT2D eigenvalue weighted by molar-refractivity contribution is -0.118. The summed E-state index contributed by atoms with van der Waals surface area (Å²) in [5.41, 5.74) is 4.33. The quantitative estimate of drug-likeness (QED) is 0.390. The van der Waals surface area contributed by atoms with Gasteiger partial charge in [0.1, 0.15) is 17.7 Å². The van der Waals surface area contributed by atoms with Gasteiger partial charge in [-0.05, 0) is 48.2 Å². The number of hydrogen-bond acceptors (Lipinski definition) is 6. The van der Waals surface area contributed by atoms with Crippen LogP contribution in [0, 0.1) is 18.3 Å². The second-order valence-corrected chi connectivity index (χ2v) is 8.33. The van der Waals surface area contributed by atoms with Crippen molar-refractivity contribution in [2.45, 2.75) is 25.8 Å². The van der Waals surface area contributed by atoms with Crippen molar-refractivity contribution in [1.82, 2.24) is 20.3 Å². The van der Waals surface area contributed by atoms with Gasteiger partial charge in [-0.25, -0.2) is 15.0 Å². The van der Waals surface area contributed by atoms with Crippen molar-refractivity contribution in [2.75, 3.05) is 11.9 Å². The van der Waals surface area contributed by atoms with E-state index in [2.05, 4.69) is 38.6 Å². The van der Waals surface area contributed by atoms with Gasteiger partial charge in [0.15, 0.2) is 0 Å². The molecule has 0 aliphatic heterocycles. The van der Waals surface area contributed by atoms with Gasteiger partial charge in [-0.3, -0.25) is 4.79 Å². The summed E-state index contributed by atoms with van der Waals surface area (Å²) >= 11 is 0. The van der Waals surface area contributed by atoms with Gasteiger partial charge in [0.2, 0.25) is 5.91 Å². The van der Waals surface area contributed by atoms with Crippen molar-refractivity contribution >= 4 is 11.7 Å². The van der Waals surface area contributed by atoms with E-state index >= 15 is 0 Å². The van der Waals surface area contributed by atoms with E-state index in [0.717, 1.165) is 22.3 Å². The molecule has 0 bridgehead atoms. The lowest BCUT2D eigenvalue weighted by Crippen LogP contribution is -2.35. The molecule has 35 heavy (non-hydrogen) atoms. The topological polar surface area (TPSA) is 104 Å². The van der Waals surface area contributed by atoms with Crippen LogP contribution in [-0.4, -0.2) is 27.4 Å². The Morgan fingerprint density at radius 2 is 1.57 bits per heavy atom. The van der Waals surface area contributed by atoms with Gasteiger partial charge >= 0.3 is 0 Å². The summed E-state index contributed by atoms with van der Waals surface area (Å²) in [4.78, 5) is 26.1. The predicted molar refractivity (Wildman–Crippen MR) is 135 cm³/mol. The van der Waals surface area contributed by atoms with E-state index in [0.29, 0.717) is 23.8 Å². The number of hydrogen-bond donors (Lipinski definition) is 2. The Labute approximate surface area is 204 Å². The molecule has 0 spiro atoms. The maximum Gasteiger partial charge on any atom is 0.247 e. The van der Waals surface area contributed by atoms with E-state index in [9.17, 15) is 4.79 Å². The molecule has 0 fully saturated rings. The number of nitrogens with zero attached hydrogens (tertiary/aromatic N) is 4. The molecule has 2 aromatic carbocycles. The first-order chi connectivity index (χ1) is 17.0. The van der Waals surface area contributed by atoms with Gasteiger partial charge in [0.05, 0.1) is 11.6 Å². The molecule has 0 saturated heterocycles. The smallest absolute Gasteiger partial charge is 0.247 e. The van der Waals surface area contributed by atoms with E-state index in [1.54, 1.807) is 24.7 Å². The number of benzene rings is 2. The fourth-order valence-electron chi connectivity index (χ4n) is 3.68. The van der Waals surface area contributed by atoms with Crippen LogP contribution in [0.15, 0.2) is 85.3 Å². The van der Waals surface area contributed by atoms with Crippen LogP contribution in [0.1, 0.15) is 41.4 Å². The number of rotatable bonds is 8. The monoisotopic (exact) mass is 462 g/mol. The Balaban J connectivity index is 1.46. The van der Waals surface area contributed by atoms with Gasteiger partial charge < -0.3 is 10.6 Å². The van der Waals surface area contributed by atoms with Crippen LogP contribution < -0.4 is 10.6 Å². The van der Waals surface area contributed by atoms with Gasteiger partial charge in [-0.2, -0.15) is 5.26 Å². The van der Waals surface area contributed by atoms with Crippen molar-refractivity contribution in [3.8, 4) is 17.2 Å². The number of anilines is 1. The summed E-state index contributed by atoms with van der Waals surface area (Å²) in [6, 6.07) is 22.4. The second kappa shape index (κ2) is 11.1. The van der Waals surface area contributed by atoms with Gasteiger partial charge in [0.25, 0.3) is 0 Å². The highest BCUT2D eigenvalue weighted by molar-refractivity contribution is 5.95. The number of aromatic nitrogens is 3. The summed E-state index contributed by atoms with van der Waals surface area (Å²) < 4.78 is 0. The zero-order valence-corrected chi connectivity index (χ0v) is 19.6. The number of amides is 1. The Hall–Kier alpha value is -4.41. The fraction of sp³-hybridized carbons (Fsp3) is 0.179. The highest BCUT2D eigenvalue weighted by Gasteiger charge is 2.21. The largest absolute Gasteiger partial charge is 0.309 e. The molecular formula is C28H26N6O. The number of carbonyl (C=O) groups is 1. The van der Waals surface area contributed by atoms with Crippen LogP contribution in [0.25, 0.3) is 11.1 Å². The summed E-state index contributed by atoms with van der Waals surface area (Å²) in [6.45, 7) is 4.51. The highest BCUT2D eigenvalue weighted by atomic mass is 16.2. The van der Waals surface area contributed by atoms with Crippen molar-refractivity contribution < 1.29 is 4.79 Å². The van der Waals surface area contributed by atoms with E-state index < -0.39 is 6.04 Å². The number of carbonyl (C=O) groups excluding carboxylic acids is 1. The molecule has 4 rings (SSSR count). The average molecular weight is 463 g/mol. The van der Waals surface area contributed by atoms with Gasteiger partial charge in [0, 0.05) is 36.3 Å². The summed E-state index contributed by atoms with van der Waals surface area (Å²) in [5.74, 6) is 1.13. The third-order valence-corrected chi connectivity index (χ3v) is 5.76. The number of nitriles is 1. The molecule has 174 valence electrons. The van der Waals surface area contributed by atoms with E-state index in [1.807, 2.05) is 67.6 Å². The number of pyridine rings is 1. The van der Waals surface area contributed by atoms with E-state index in [-0.39, 0.29) is 11.8 Å². The average Bonchev–Trinajstić information content (AvgIpc) is 2.90. The maximum atomic E-state index is 13.3. The number of nitrogens with one attached hydrogen (secondary N) is 2. The molecule has 0 saturated carbocycles. The fourth-order valence-corrected chi connectivity index (χ4v) is 3.68. The van der Waals surface area contributed by atoms with Crippen LogP contribution in [-0.2, 0) is 4.79 Å². The molecule has 7 nitrogen and oxygen atoms in total. The van der Waals surface area contributed by atoms with Crippen LogP contribution in [0.5, 0.6) is 0 Å². The molecule has 4 aromatic rings. The third-order valence-electron chi connectivity index (χ3n) is 5.76. The first kappa shape index (κ1) is 23.7. The van der Waals surface area contributed by atoms with E-state index in [4.69, 9.17) is 5.26 Å². The van der Waals surface area contributed by atoms with Crippen molar-refractivity contribution in [3.63, 3.8) is 0 Å². The Morgan fingerprint density at radius 1 is 0.886 bits per heavy atom. The van der Waals surface area contributed by atoms with Crippen molar-refractivity contribution in [3.05, 3.63) is 108 Å². The molecule has 2 N–H and O–H groups in total. The standard InChI is InChI=1S/C28H26N6O/c1-19(22-10-8-21(14-29)9-11-22)15-33-27(23-6-4-3-5-7-23)28(35)34-26-13-12-24(16-32-26)25-17-30-20(2)31-18-25/h3-13,16-19,27,33H,15H2,1-2H3,(H,32,34,35)/t19-,27+/m1/s1. The molecule has 0 aliphatic carbocycles. The first-order valence-electron chi connectivity index (χ1n) is 11.4.